The maximum absolute atomic E-state index is 3.77. The maximum atomic E-state index is 3.77. The molecule has 3 heteroatoms. The van der Waals surface area contributed by atoms with Gasteiger partial charge in [-0.05, 0) is 32.9 Å². The molecule has 1 aliphatic heterocycles. The van der Waals surface area contributed by atoms with Gasteiger partial charge in [0, 0.05) is 31.7 Å². The average molecular weight is 239 g/mol. The van der Waals surface area contributed by atoms with Crippen molar-refractivity contribution in [3.63, 3.8) is 0 Å². The Balaban J connectivity index is 1.58. The summed E-state index contributed by atoms with van der Waals surface area (Å²) >= 11 is 0. The van der Waals surface area contributed by atoms with E-state index in [0.717, 1.165) is 12.6 Å². The highest BCUT2D eigenvalue weighted by atomic mass is 15.2. The summed E-state index contributed by atoms with van der Waals surface area (Å²) in [7, 11) is 2.23. The quantitative estimate of drug-likeness (QED) is 0.730. The molecule has 1 unspecified atom stereocenters. The second-order valence-corrected chi connectivity index (χ2v) is 5.84. The van der Waals surface area contributed by atoms with Crippen molar-refractivity contribution in [1.29, 1.82) is 0 Å². The molecule has 1 saturated carbocycles. The molecular formula is C14H29N3. The van der Waals surface area contributed by atoms with Gasteiger partial charge in [-0.3, -0.25) is 0 Å². The Morgan fingerprint density at radius 1 is 1.18 bits per heavy atom. The molecule has 2 N–H and O–H groups in total. The van der Waals surface area contributed by atoms with Crippen molar-refractivity contribution in [2.75, 3.05) is 33.2 Å². The summed E-state index contributed by atoms with van der Waals surface area (Å²) in [4.78, 5) is 2.44. The second kappa shape index (κ2) is 7.34. The standard InChI is InChI=1S/C14H29N3/c1-17-11-10-16-14(12-17)8-9-15-13-6-4-2-3-5-7-13/h13-16H,2-12H2,1H3. The molecule has 2 rings (SSSR count). The largest absolute Gasteiger partial charge is 0.314 e. The van der Waals surface area contributed by atoms with Gasteiger partial charge < -0.3 is 15.5 Å². The van der Waals surface area contributed by atoms with Gasteiger partial charge in [0.05, 0.1) is 0 Å². The van der Waals surface area contributed by atoms with Gasteiger partial charge in [-0.1, -0.05) is 25.7 Å². The first-order valence-electron chi connectivity index (χ1n) is 7.50. The SMILES string of the molecule is CN1CCNC(CCNC2CCCCCC2)C1. The minimum Gasteiger partial charge on any atom is -0.314 e. The van der Waals surface area contributed by atoms with Crippen LogP contribution >= 0.6 is 0 Å². The average Bonchev–Trinajstić information content (AvgIpc) is 2.58. The molecule has 0 spiro atoms. The second-order valence-electron chi connectivity index (χ2n) is 5.84. The normalized spacial score (nSPS) is 29.1. The van der Waals surface area contributed by atoms with Crippen LogP contribution in [0.15, 0.2) is 0 Å². The van der Waals surface area contributed by atoms with Crippen LogP contribution in [0.2, 0.25) is 0 Å². The first-order chi connectivity index (χ1) is 8.34. The van der Waals surface area contributed by atoms with Gasteiger partial charge in [-0.25, -0.2) is 0 Å². The zero-order valence-electron chi connectivity index (χ0n) is 11.4. The first-order valence-corrected chi connectivity index (χ1v) is 7.50. The summed E-state index contributed by atoms with van der Waals surface area (Å²) in [5.74, 6) is 0. The van der Waals surface area contributed by atoms with E-state index in [2.05, 4.69) is 22.6 Å². The molecule has 0 bridgehead atoms. The zero-order valence-corrected chi connectivity index (χ0v) is 11.4. The van der Waals surface area contributed by atoms with E-state index in [9.17, 15) is 0 Å². The molecule has 1 saturated heterocycles. The molecule has 0 aromatic carbocycles. The fourth-order valence-corrected chi connectivity index (χ4v) is 3.13. The number of hydrogen-bond donors (Lipinski definition) is 2. The van der Waals surface area contributed by atoms with Crippen molar-refractivity contribution in [2.45, 2.75) is 57.0 Å². The van der Waals surface area contributed by atoms with Gasteiger partial charge in [0.25, 0.3) is 0 Å². The third-order valence-electron chi connectivity index (χ3n) is 4.24. The van der Waals surface area contributed by atoms with Crippen molar-refractivity contribution < 1.29 is 0 Å². The number of hydrogen-bond acceptors (Lipinski definition) is 3. The number of nitrogens with zero attached hydrogens (tertiary/aromatic N) is 1. The van der Waals surface area contributed by atoms with E-state index in [-0.39, 0.29) is 0 Å². The molecule has 3 nitrogen and oxygen atoms in total. The lowest BCUT2D eigenvalue weighted by atomic mass is 10.1. The molecule has 0 aromatic rings. The summed E-state index contributed by atoms with van der Waals surface area (Å²) in [5, 5.41) is 7.38. The van der Waals surface area contributed by atoms with Crippen molar-refractivity contribution in [1.82, 2.24) is 15.5 Å². The molecule has 1 aliphatic carbocycles. The Morgan fingerprint density at radius 2 is 1.94 bits per heavy atom. The van der Waals surface area contributed by atoms with Crippen LogP contribution in [-0.4, -0.2) is 50.2 Å². The third kappa shape index (κ3) is 4.94. The highest BCUT2D eigenvalue weighted by molar-refractivity contribution is 4.78. The highest BCUT2D eigenvalue weighted by Crippen LogP contribution is 2.17. The summed E-state index contributed by atoms with van der Waals surface area (Å²) in [5.41, 5.74) is 0. The number of nitrogens with one attached hydrogen (secondary N) is 2. The van der Waals surface area contributed by atoms with Gasteiger partial charge >= 0.3 is 0 Å². The molecule has 1 heterocycles. The minimum atomic E-state index is 0.701. The van der Waals surface area contributed by atoms with E-state index < -0.39 is 0 Å². The van der Waals surface area contributed by atoms with Crippen LogP contribution in [0.4, 0.5) is 0 Å². The van der Waals surface area contributed by atoms with E-state index in [1.54, 1.807) is 0 Å². The van der Waals surface area contributed by atoms with Crippen molar-refractivity contribution in [3.8, 4) is 0 Å². The summed E-state index contributed by atoms with van der Waals surface area (Å²) in [6.07, 6.45) is 9.85. The van der Waals surface area contributed by atoms with E-state index in [0.29, 0.717) is 6.04 Å². The first kappa shape index (κ1) is 13.3. The number of piperazine rings is 1. The topological polar surface area (TPSA) is 27.3 Å². The summed E-state index contributed by atoms with van der Waals surface area (Å²) in [6, 6.07) is 1.51. The molecule has 0 aromatic heterocycles. The summed E-state index contributed by atoms with van der Waals surface area (Å²) < 4.78 is 0. The Bertz CT molecular complexity index is 198. The van der Waals surface area contributed by atoms with Crippen LogP contribution in [0.5, 0.6) is 0 Å². The lowest BCUT2D eigenvalue weighted by Crippen LogP contribution is -2.50. The highest BCUT2D eigenvalue weighted by Gasteiger charge is 2.17. The van der Waals surface area contributed by atoms with Crippen LogP contribution in [0.1, 0.15) is 44.9 Å². The molecule has 1 atom stereocenters. The van der Waals surface area contributed by atoms with Gasteiger partial charge in [-0.15, -0.1) is 0 Å². The smallest absolute Gasteiger partial charge is 0.0207 e. The predicted octanol–water partition coefficient (Wildman–Crippen LogP) is 1.59. The van der Waals surface area contributed by atoms with Crippen LogP contribution in [0, 0.1) is 0 Å². The zero-order chi connectivity index (χ0) is 11.9. The van der Waals surface area contributed by atoms with E-state index in [1.165, 1.54) is 64.6 Å². The molecule has 100 valence electrons. The number of rotatable bonds is 4. The lowest BCUT2D eigenvalue weighted by molar-refractivity contribution is 0.229. The number of likely N-dealkylation sites (N-methyl/N-ethyl adjacent to an activating group) is 1. The Labute approximate surface area is 106 Å². The monoisotopic (exact) mass is 239 g/mol. The Morgan fingerprint density at radius 3 is 2.65 bits per heavy atom. The van der Waals surface area contributed by atoms with Crippen LogP contribution in [-0.2, 0) is 0 Å². The van der Waals surface area contributed by atoms with Gasteiger partial charge in [0.2, 0.25) is 0 Å². The van der Waals surface area contributed by atoms with Crippen LogP contribution < -0.4 is 10.6 Å². The predicted molar refractivity (Wildman–Crippen MR) is 73.4 cm³/mol. The molecule has 0 amide bonds. The van der Waals surface area contributed by atoms with E-state index in [1.807, 2.05) is 0 Å². The van der Waals surface area contributed by atoms with E-state index >= 15 is 0 Å². The van der Waals surface area contributed by atoms with Crippen molar-refractivity contribution in [2.24, 2.45) is 0 Å². The third-order valence-corrected chi connectivity index (χ3v) is 4.24. The Hall–Kier alpha value is -0.120. The molecule has 2 aliphatic rings. The summed E-state index contributed by atoms with van der Waals surface area (Å²) in [6.45, 7) is 4.76. The Kier molecular flexibility index (Phi) is 5.75. The molecule has 2 fully saturated rings. The molecule has 0 radical (unpaired) electrons. The molecular weight excluding hydrogens is 210 g/mol. The van der Waals surface area contributed by atoms with E-state index in [4.69, 9.17) is 0 Å². The van der Waals surface area contributed by atoms with Crippen LogP contribution in [0.3, 0.4) is 0 Å². The van der Waals surface area contributed by atoms with Crippen molar-refractivity contribution in [3.05, 3.63) is 0 Å². The van der Waals surface area contributed by atoms with Crippen molar-refractivity contribution >= 4 is 0 Å². The van der Waals surface area contributed by atoms with Gasteiger partial charge in [0.1, 0.15) is 0 Å². The van der Waals surface area contributed by atoms with Crippen LogP contribution in [0.25, 0.3) is 0 Å². The molecule has 17 heavy (non-hydrogen) atoms. The fourth-order valence-electron chi connectivity index (χ4n) is 3.13. The maximum Gasteiger partial charge on any atom is 0.0207 e. The fraction of sp³-hybridized carbons (Fsp3) is 1.00. The minimum absolute atomic E-state index is 0.701. The van der Waals surface area contributed by atoms with Gasteiger partial charge in [0.15, 0.2) is 0 Å². The lowest BCUT2D eigenvalue weighted by Gasteiger charge is -2.31. The van der Waals surface area contributed by atoms with Gasteiger partial charge in [-0.2, -0.15) is 0 Å².